The van der Waals surface area contributed by atoms with Crippen LogP contribution in [0.2, 0.25) is 0 Å². The van der Waals surface area contributed by atoms with E-state index in [1.807, 2.05) is 24.3 Å². The summed E-state index contributed by atoms with van der Waals surface area (Å²) in [6.45, 7) is 2.84. The first-order valence-corrected chi connectivity index (χ1v) is 9.35. The quantitative estimate of drug-likeness (QED) is 0.672. The number of para-hydroxylation sites is 1. The number of hydrogen-bond donors (Lipinski definition) is 0. The van der Waals surface area contributed by atoms with Crippen molar-refractivity contribution in [3.8, 4) is 0 Å². The number of halogens is 3. The summed E-state index contributed by atoms with van der Waals surface area (Å²) in [4.78, 5) is 16.4. The minimum Gasteiger partial charge on any atom is -0.339 e. The molecular weight excluding hydrogens is 383 g/mol. The lowest BCUT2D eigenvalue weighted by atomic mass is 10.1. The van der Waals surface area contributed by atoms with Crippen molar-refractivity contribution in [1.82, 2.24) is 24.8 Å². The van der Waals surface area contributed by atoms with Gasteiger partial charge in [-0.3, -0.25) is 9.69 Å². The van der Waals surface area contributed by atoms with E-state index in [0.717, 1.165) is 17.1 Å². The van der Waals surface area contributed by atoms with E-state index in [9.17, 15) is 18.0 Å². The summed E-state index contributed by atoms with van der Waals surface area (Å²) in [6.07, 6.45) is -4.34. The Morgan fingerprint density at radius 3 is 2.52 bits per heavy atom. The van der Waals surface area contributed by atoms with Crippen LogP contribution < -0.4 is 0 Å². The Balaban J connectivity index is 1.33. The molecule has 2 aromatic carbocycles. The maximum Gasteiger partial charge on any atom is 0.416 e. The van der Waals surface area contributed by atoms with Gasteiger partial charge >= 0.3 is 6.18 Å². The van der Waals surface area contributed by atoms with Gasteiger partial charge in [-0.15, -0.1) is 5.10 Å². The summed E-state index contributed by atoms with van der Waals surface area (Å²) in [6, 6.07) is 12.8. The van der Waals surface area contributed by atoms with Gasteiger partial charge in [0.25, 0.3) is 0 Å². The van der Waals surface area contributed by atoms with Crippen molar-refractivity contribution in [1.29, 1.82) is 0 Å². The molecule has 1 amide bonds. The SMILES string of the molecule is O=C(Cn1nnc2ccccc21)N1CCN(Cc2cccc(C(F)(F)F)c2)CC1. The molecule has 0 atom stereocenters. The number of fused-ring (bicyclic) bond motifs is 1. The summed E-state index contributed by atoms with van der Waals surface area (Å²) in [5.74, 6) is -0.0422. The molecule has 29 heavy (non-hydrogen) atoms. The molecule has 0 bridgehead atoms. The Hall–Kier alpha value is -2.94. The molecule has 0 unspecified atom stereocenters. The monoisotopic (exact) mass is 403 g/mol. The van der Waals surface area contributed by atoms with Crippen molar-refractivity contribution in [3.63, 3.8) is 0 Å². The molecule has 0 radical (unpaired) electrons. The van der Waals surface area contributed by atoms with Crippen LogP contribution in [0.15, 0.2) is 48.5 Å². The highest BCUT2D eigenvalue weighted by Gasteiger charge is 2.30. The standard InChI is InChI=1S/C20H20F3N5O/c21-20(22,23)16-5-3-4-15(12-16)13-26-8-10-27(11-9-26)19(29)14-28-18-7-2-1-6-17(18)24-25-28/h1-7,12H,8-11,13-14H2. The third-order valence-electron chi connectivity index (χ3n) is 5.09. The summed E-state index contributed by atoms with van der Waals surface area (Å²) < 4.78 is 40.2. The largest absolute Gasteiger partial charge is 0.416 e. The zero-order chi connectivity index (χ0) is 20.4. The zero-order valence-electron chi connectivity index (χ0n) is 15.6. The van der Waals surface area contributed by atoms with Crippen molar-refractivity contribution < 1.29 is 18.0 Å². The zero-order valence-corrected chi connectivity index (χ0v) is 15.6. The third-order valence-corrected chi connectivity index (χ3v) is 5.09. The van der Waals surface area contributed by atoms with Crippen LogP contribution in [0, 0.1) is 0 Å². The van der Waals surface area contributed by atoms with Crippen LogP contribution in [0.5, 0.6) is 0 Å². The molecule has 3 aromatic rings. The van der Waals surface area contributed by atoms with Gasteiger partial charge in [-0.25, -0.2) is 4.68 Å². The summed E-state index contributed by atoms with van der Waals surface area (Å²) in [5.41, 5.74) is 1.53. The number of carbonyl (C=O) groups excluding carboxylic acids is 1. The van der Waals surface area contributed by atoms with E-state index in [1.165, 1.54) is 12.1 Å². The van der Waals surface area contributed by atoms with E-state index in [-0.39, 0.29) is 12.5 Å². The number of alkyl halides is 3. The maximum atomic E-state index is 12.9. The van der Waals surface area contributed by atoms with E-state index in [4.69, 9.17) is 0 Å². The molecule has 2 heterocycles. The molecule has 9 heteroatoms. The van der Waals surface area contributed by atoms with Crippen LogP contribution in [-0.4, -0.2) is 56.9 Å². The number of nitrogens with zero attached hydrogens (tertiary/aromatic N) is 5. The molecule has 1 aliphatic rings. The molecule has 0 saturated carbocycles. The summed E-state index contributed by atoms with van der Waals surface area (Å²) in [5, 5.41) is 8.10. The Labute approximate surface area is 165 Å². The predicted octanol–water partition coefficient (Wildman–Crippen LogP) is 2.79. The lowest BCUT2D eigenvalue weighted by Crippen LogP contribution is -2.49. The van der Waals surface area contributed by atoms with Gasteiger partial charge in [0.1, 0.15) is 12.1 Å². The van der Waals surface area contributed by atoms with Gasteiger partial charge in [0.2, 0.25) is 5.91 Å². The van der Waals surface area contributed by atoms with Crippen LogP contribution in [-0.2, 0) is 24.1 Å². The normalized spacial score (nSPS) is 15.8. The molecule has 1 saturated heterocycles. The van der Waals surface area contributed by atoms with Gasteiger partial charge in [0.15, 0.2) is 0 Å². The first kappa shape index (κ1) is 19.4. The number of rotatable bonds is 4. The second-order valence-electron chi connectivity index (χ2n) is 7.09. The highest BCUT2D eigenvalue weighted by molar-refractivity contribution is 5.79. The van der Waals surface area contributed by atoms with E-state index >= 15 is 0 Å². The highest BCUT2D eigenvalue weighted by atomic mass is 19.4. The molecule has 1 fully saturated rings. The van der Waals surface area contributed by atoms with Crippen LogP contribution in [0.1, 0.15) is 11.1 Å². The van der Waals surface area contributed by atoms with E-state index in [1.54, 1.807) is 15.6 Å². The van der Waals surface area contributed by atoms with Crippen LogP contribution in [0.3, 0.4) is 0 Å². The summed E-state index contributed by atoms with van der Waals surface area (Å²) in [7, 11) is 0. The second kappa shape index (κ2) is 7.82. The average Bonchev–Trinajstić information content (AvgIpc) is 3.11. The van der Waals surface area contributed by atoms with Gasteiger partial charge in [-0.1, -0.05) is 35.5 Å². The lowest BCUT2D eigenvalue weighted by Gasteiger charge is -2.34. The predicted molar refractivity (Wildman–Crippen MR) is 101 cm³/mol. The minimum atomic E-state index is -4.34. The number of benzene rings is 2. The highest BCUT2D eigenvalue weighted by Crippen LogP contribution is 2.29. The first-order valence-electron chi connectivity index (χ1n) is 9.35. The number of hydrogen-bond acceptors (Lipinski definition) is 4. The first-order chi connectivity index (χ1) is 13.9. The van der Waals surface area contributed by atoms with Crippen molar-refractivity contribution in [2.45, 2.75) is 19.3 Å². The van der Waals surface area contributed by atoms with Crippen molar-refractivity contribution in [2.75, 3.05) is 26.2 Å². The van der Waals surface area contributed by atoms with Crippen molar-refractivity contribution in [2.24, 2.45) is 0 Å². The fraction of sp³-hybridized carbons (Fsp3) is 0.350. The molecule has 152 valence electrons. The summed E-state index contributed by atoms with van der Waals surface area (Å²) >= 11 is 0. The topological polar surface area (TPSA) is 54.3 Å². The van der Waals surface area contributed by atoms with E-state index in [0.29, 0.717) is 38.3 Å². The number of aromatic nitrogens is 3. The van der Waals surface area contributed by atoms with Crippen molar-refractivity contribution in [3.05, 3.63) is 59.7 Å². The van der Waals surface area contributed by atoms with Crippen molar-refractivity contribution >= 4 is 16.9 Å². The lowest BCUT2D eigenvalue weighted by molar-refractivity contribution is -0.137. The molecular formula is C20H20F3N5O. The van der Waals surface area contributed by atoms with Crippen LogP contribution in [0.4, 0.5) is 13.2 Å². The smallest absolute Gasteiger partial charge is 0.339 e. The minimum absolute atomic E-state index is 0.0422. The molecule has 4 rings (SSSR count). The fourth-order valence-corrected chi connectivity index (χ4v) is 3.52. The van der Waals surface area contributed by atoms with Gasteiger partial charge < -0.3 is 4.90 Å². The molecule has 0 aliphatic carbocycles. The van der Waals surface area contributed by atoms with Gasteiger partial charge in [-0.05, 0) is 23.8 Å². The Morgan fingerprint density at radius 1 is 1.00 bits per heavy atom. The molecule has 1 aromatic heterocycles. The maximum absolute atomic E-state index is 12.9. The average molecular weight is 403 g/mol. The van der Waals surface area contributed by atoms with Crippen LogP contribution >= 0.6 is 0 Å². The van der Waals surface area contributed by atoms with Gasteiger partial charge in [-0.2, -0.15) is 13.2 Å². The Morgan fingerprint density at radius 2 is 1.76 bits per heavy atom. The number of carbonyl (C=O) groups is 1. The molecule has 6 nitrogen and oxygen atoms in total. The molecule has 0 spiro atoms. The Kier molecular flexibility index (Phi) is 5.23. The second-order valence-corrected chi connectivity index (χ2v) is 7.09. The fourth-order valence-electron chi connectivity index (χ4n) is 3.52. The molecule has 0 N–H and O–H groups in total. The molecule has 1 aliphatic heterocycles. The Bertz CT molecular complexity index is 1010. The van der Waals surface area contributed by atoms with Gasteiger partial charge in [0.05, 0.1) is 11.1 Å². The third kappa shape index (κ3) is 4.40. The number of amides is 1. The van der Waals surface area contributed by atoms with Crippen LogP contribution in [0.25, 0.3) is 11.0 Å². The van der Waals surface area contributed by atoms with Gasteiger partial charge in [0, 0.05) is 32.7 Å². The van der Waals surface area contributed by atoms with E-state index < -0.39 is 11.7 Å². The van der Waals surface area contributed by atoms with E-state index in [2.05, 4.69) is 15.2 Å². The number of piperazine rings is 1.